The molecule has 1 heterocycles. The van der Waals surface area contributed by atoms with Crippen LogP contribution >= 0.6 is 27.7 Å². The van der Waals surface area contributed by atoms with Crippen LogP contribution in [0, 0.1) is 6.92 Å². The number of aryl methyl sites for hydroxylation is 2. The predicted octanol–water partition coefficient (Wildman–Crippen LogP) is 4.45. The van der Waals surface area contributed by atoms with Crippen molar-refractivity contribution >= 4 is 27.7 Å². The molecule has 1 aromatic heterocycles. The Labute approximate surface area is 139 Å². The molecule has 0 spiro atoms. The number of hydrogen-bond donors (Lipinski definition) is 1. The highest BCUT2D eigenvalue weighted by atomic mass is 79.9. The van der Waals surface area contributed by atoms with Gasteiger partial charge in [0.1, 0.15) is 0 Å². The second-order valence-electron chi connectivity index (χ2n) is 5.11. The summed E-state index contributed by atoms with van der Waals surface area (Å²) < 4.78 is 3.08. The largest absolute Gasteiger partial charge is 0.310 e. The third-order valence-corrected chi connectivity index (χ3v) is 5.54. The molecule has 1 unspecified atom stereocenters. The van der Waals surface area contributed by atoms with Gasteiger partial charge in [-0.3, -0.25) is 4.68 Å². The number of nitrogens with zero attached hydrogens (tertiary/aromatic N) is 2. The van der Waals surface area contributed by atoms with Crippen molar-refractivity contribution < 1.29 is 0 Å². The van der Waals surface area contributed by atoms with E-state index in [1.165, 1.54) is 16.2 Å². The van der Waals surface area contributed by atoms with E-state index in [0.29, 0.717) is 6.04 Å². The fourth-order valence-electron chi connectivity index (χ4n) is 2.29. The summed E-state index contributed by atoms with van der Waals surface area (Å²) in [5.41, 5.74) is 3.60. The summed E-state index contributed by atoms with van der Waals surface area (Å²) in [4.78, 5) is 1.29. The van der Waals surface area contributed by atoms with Crippen molar-refractivity contribution in [3.8, 4) is 0 Å². The first-order valence-corrected chi connectivity index (χ1v) is 8.95. The number of halogens is 1. The minimum absolute atomic E-state index is 0.390. The monoisotopic (exact) mass is 367 g/mol. The van der Waals surface area contributed by atoms with Gasteiger partial charge in [0, 0.05) is 23.7 Å². The van der Waals surface area contributed by atoms with Gasteiger partial charge in [-0.1, -0.05) is 19.1 Å². The van der Waals surface area contributed by atoms with Gasteiger partial charge in [0.2, 0.25) is 0 Å². The molecule has 1 N–H and O–H groups in total. The summed E-state index contributed by atoms with van der Waals surface area (Å²) >= 11 is 5.47. The van der Waals surface area contributed by atoms with Crippen LogP contribution in [-0.2, 0) is 12.8 Å². The molecule has 0 aliphatic heterocycles. The molecule has 3 nitrogen and oxygen atoms in total. The summed E-state index contributed by atoms with van der Waals surface area (Å²) in [5.74, 6) is 0.914. The smallest absolute Gasteiger partial charge is 0.0738 e. The third-order valence-electron chi connectivity index (χ3n) is 3.51. The molecule has 0 radical (unpaired) electrons. The van der Waals surface area contributed by atoms with Crippen LogP contribution < -0.4 is 5.32 Å². The zero-order chi connectivity index (χ0) is 15.4. The van der Waals surface area contributed by atoms with Gasteiger partial charge in [0.25, 0.3) is 0 Å². The molecule has 0 fully saturated rings. The number of rotatable bonds is 6. The van der Waals surface area contributed by atoms with E-state index in [9.17, 15) is 0 Å². The van der Waals surface area contributed by atoms with Gasteiger partial charge in [-0.2, -0.15) is 5.10 Å². The van der Waals surface area contributed by atoms with Gasteiger partial charge in [0.15, 0.2) is 0 Å². The van der Waals surface area contributed by atoms with Crippen molar-refractivity contribution in [1.29, 1.82) is 0 Å². The summed E-state index contributed by atoms with van der Waals surface area (Å²) in [6.07, 6.45) is 0. The SMILES string of the molecule is CCNC(C)c1cccc(SCc2c(Br)c(C)nn2C)c1. The van der Waals surface area contributed by atoms with E-state index in [2.05, 4.69) is 64.5 Å². The van der Waals surface area contributed by atoms with Gasteiger partial charge >= 0.3 is 0 Å². The van der Waals surface area contributed by atoms with Crippen molar-refractivity contribution in [3.63, 3.8) is 0 Å². The minimum atomic E-state index is 0.390. The maximum atomic E-state index is 4.44. The molecule has 0 saturated carbocycles. The lowest BCUT2D eigenvalue weighted by atomic mass is 10.1. The van der Waals surface area contributed by atoms with Gasteiger partial charge in [-0.05, 0) is 54.0 Å². The summed E-state index contributed by atoms with van der Waals surface area (Å²) in [7, 11) is 2.00. The van der Waals surface area contributed by atoms with Gasteiger partial charge in [-0.15, -0.1) is 11.8 Å². The minimum Gasteiger partial charge on any atom is -0.310 e. The Bertz CT molecular complexity index is 610. The number of benzene rings is 1. The molecule has 5 heteroatoms. The van der Waals surface area contributed by atoms with E-state index in [1.54, 1.807) is 0 Å². The Morgan fingerprint density at radius 1 is 1.43 bits per heavy atom. The fourth-order valence-corrected chi connectivity index (χ4v) is 3.98. The highest BCUT2D eigenvalue weighted by Gasteiger charge is 2.11. The molecule has 114 valence electrons. The van der Waals surface area contributed by atoms with Crippen LogP contribution in [0.1, 0.15) is 36.8 Å². The fraction of sp³-hybridized carbons (Fsp3) is 0.438. The lowest BCUT2D eigenvalue weighted by molar-refractivity contribution is 0.597. The molecule has 0 bridgehead atoms. The number of nitrogens with one attached hydrogen (secondary N) is 1. The molecule has 0 aliphatic rings. The van der Waals surface area contributed by atoms with Crippen LogP contribution in [0.2, 0.25) is 0 Å². The van der Waals surface area contributed by atoms with Crippen molar-refractivity contribution in [2.45, 2.75) is 37.5 Å². The zero-order valence-corrected chi connectivity index (χ0v) is 15.4. The van der Waals surface area contributed by atoms with Crippen molar-refractivity contribution in [1.82, 2.24) is 15.1 Å². The van der Waals surface area contributed by atoms with Crippen LogP contribution in [0.3, 0.4) is 0 Å². The topological polar surface area (TPSA) is 29.9 Å². The lowest BCUT2D eigenvalue weighted by Crippen LogP contribution is -2.17. The molecule has 1 aromatic carbocycles. The van der Waals surface area contributed by atoms with E-state index >= 15 is 0 Å². The second kappa shape index (κ2) is 7.47. The summed E-state index contributed by atoms with van der Waals surface area (Å²) in [6, 6.07) is 9.15. The van der Waals surface area contributed by atoms with Crippen LogP contribution in [0.15, 0.2) is 33.6 Å². The highest BCUT2D eigenvalue weighted by molar-refractivity contribution is 9.10. The molecule has 2 aromatic rings. The predicted molar refractivity (Wildman–Crippen MR) is 93.7 cm³/mol. The normalized spacial score (nSPS) is 12.6. The van der Waals surface area contributed by atoms with E-state index in [0.717, 1.165) is 22.5 Å². The van der Waals surface area contributed by atoms with Crippen LogP contribution in [-0.4, -0.2) is 16.3 Å². The third kappa shape index (κ3) is 4.11. The summed E-state index contributed by atoms with van der Waals surface area (Å²) in [5, 5.41) is 7.89. The second-order valence-corrected chi connectivity index (χ2v) is 6.95. The van der Waals surface area contributed by atoms with Crippen molar-refractivity contribution in [2.75, 3.05) is 6.54 Å². The Balaban J connectivity index is 2.08. The van der Waals surface area contributed by atoms with Crippen molar-refractivity contribution in [3.05, 3.63) is 45.7 Å². The van der Waals surface area contributed by atoms with Gasteiger partial charge in [-0.25, -0.2) is 0 Å². The van der Waals surface area contributed by atoms with Gasteiger partial charge in [0.05, 0.1) is 15.9 Å². The first-order chi connectivity index (χ1) is 10.0. The first-order valence-electron chi connectivity index (χ1n) is 7.17. The van der Waals surface area contributed by atoms with E-state index in [4.69, 9.17) is 0 Å². The quantitative estimate of drug-likeness (QED) is 0.764. The average Bonchev–Trinajstić information content (AvgIpc) is 2.71. The molecular weight excluding hydrogens is 346 g/mol. The average molecular weight is 368 g/mol. The number of hydrogen-bond acceptors (Lipinski definition) is 3. The Morgan fingerprint density at radius 2 is 2.19 bits per heavy atom. The molecular formula is C16H22BrN3S. The van der Waals surface area contributed by atoms with E-state index in [1.807, 2.05) is 30.4 Å². The molecule has 0 saturated heterocycles. The Kier molecular flexibility index (Phi) is 5.90. The maximum Gasteiger partial charge on any atom is 0.0738 e. The summed E-state index contributed by atoms with van der Waals surface area (Å²) in [6.45, 7) is 7.35. The molecule has 2 rings (SSSR count). The van der Waals surface area contributed by atoms with E-state index in [-0.39, 0.29) is 0 Å². The molecule has 1 atom stereocenters. The van der Waals surface area contributed by atoms with E-state index < -0.39 is 0 Å². The van der Waals surface area contributed by atoms with Gasteiger partial charge < -0.3 is 5.32 Å². The van der Waals surface area contributed by atoms with Crippen LogP contribution in [0.25, 0.3) is 0 Å². The number of aromatic nitrogens is 2. The van der Waals surface area contributed by atoms with Crippen molar-refractivity contribution in [2.24, 2.45) is 7.05 Å². The Morgan fingerprint density at radius 3 is 2.81 bits per heavy atom. The number of thioether (sulfide) groups is 1. The van der Waals surface area contributed by atoms with Crippen LogP contribution in [0.4, 0.5) is 0 Å². The maximum absolute atomic E-state index is 4.44. The zero-order valence-electron chi connectivity index (χ0n) is 13.0. The Hall–Kier alpha value is -0.780. The standard InChI is InChI=1S/C16H22BrN3S/c1-5-18-11(2)13-7-6-8-14(9-13)21-10-15-16(17)12(3)19-20(15)4/h6-9,11,18H,5,10H2,1-4H3. The first kappa shape index (κ1) is 16.6. The molecule has 0 aliphatic carbocycles. The molecule has 21 heavy (non-hydrogen) atoms. The lowest BCUT2D eigenvalue weighted by Gasteiger charge is -2.13. The highest BCUT2D eigenvalue weighted by Crippen LogP contribution is 2.29. The van der Waals surface area contributed by atoms with Crippen LogP contribution in [0.5, 0.6) is 0 Å². The molecule has 0 amide bonds.